The molecule has 3 atom stereocenters. The van der Waals surface area contributed by atoms with E-state index in [1.807, 2.05) is 51.1 Å². The molecule has 0 saturated carbocycles. The summed E-state index contributed by atoms with van der Waals surface area (Å²) in [6, 6.07) is 16.8. The number of carbonyl (C=O) groups is 1. The largest absolute Gasteiger partial charge is 0.455 e. The van der Waals surface area contributed by atoms with Gasteiger partial charge in [0, 0.05) is 24.2 Å². The lowest BCUT2D eigenvalue weighted by Crippen LogP contribution is -2.38. The normalized spacial score (nSPS) is 20.2. The lowest BCUT2D eigenvalue weighted by Gasteiger charge is -2.28. The molecule has 2 aromatic rings. The molecule has 3 rings (SSSR count). The van der Waals surface area contributed by atoms with Crippen LogP contribution in [0.3, 0.4) is 0 Å². The topological polar surface area (TPSA) is 81.5 Å². The maximum atomic E-state index is 12.6. The maximum Gasteiger partial charge on any atom is 0.311 e. The number of hydrogen-bond acceptors (Lipinski definition) is 5. The Morgan fingerprint density at radius 3 is 2.38 bits per heavy atom. The third kappa shape index (κ3) is 5.41. The van der Waals surface area contributed by atoms with Crippen molar-refractivity contribution in [1.82, 2.24) is 5.32 Å². The van der Waals surface area contributed by atoms with Gasteiger partial charge < -0.3 is 10.1 Å². The van der Waals surface area contributed by atoms with Gasteiger partial charge in [-0.05, 0) is 51.2 Å². The van der Waals surface area contributed by atoms with Crippen molar-refractivity contribution < 1.29 is 14.5 Å². The van der Waals surface area contributed by atoms with Gasteiger partial charge >= 0.3 is 5.97 Å². The Bertz CT molecular complexity index is 843. The molecule has 1 aliphatic rings. The third-order valence-electron chi connectivity index (χ3n) is 5.25. The molecule has 0 radical (unpaired) electrons. The molecule has 0 aliphatic carbocycles. The van der Waals surface area contributed by atoms with E-state index in [1.165, 1.54) is 0 Å². The summed E-state index contributed by atoms with van der Waals surface area (Å²) >= 11 is 0. The first kappa shape index (κ1) is 21.0. The number of ether oxygens (including phenoxy) is 1. The van der Waals surface area contributed by atoms with Gasteiger partial charge in [0.1, 0.15) is 6.10 Å². The Morgan fingerprint density at radius 2 is 1.79 bits per heavy atom. The molecule has 1 heterocycles. The van der Waals surface area contributed by atoms with Gasteiger partial charge in [-0.1, -0.05) is 42.5 Å². The van der Waals surface area contributed by atoms with Crippen LogP contribution in [0.1, 0.15) is 50.8 Å². The van der Waals surface area contributed by atoms with E-state index in [-0.39, 0.29) is 34.8 Å². The molecule has 1 aliphatic heterocycles. The van der Waals surface area contributed by atoms with Gasteiger partial charge in [-0.15, -0.1) is 0 Å². The number of nitrogens with one attached hydrogen (secondary N) is 1. The van der Waals surface area contributed by atoms with Crippen LogP contribution in [-0.2, 0) is 16.0 Å². The van der Waals surface area contributed by atoms with Crippen LogP contribution in [0.2, 0.25) is 0 Å². The number of benzene rings is 2. The van der Waals surface area contributed by atoms with Gasteiger partial charge in [0.15, 0.2) is 0 Å². The number of nitro groups is 1. The van der Waals surface area contributed by atoms with Crippen molar-refractivity contribution in [1.29, 1.82) is 0 Å². The highest BCUT2D eigenvalue weighted by molar-refractivity contribution is 5.75. The van der Waals surface area contributed by atoms with Gasteiger partial charge in [-0.3, -0.25) is 14.9 Å². The molecule has 29 heavy (non-hydrogen) atoms. The summed E-state index contributed by atoms with van der Waals surface area (Å²) in [5.41, 5.74) is 1.57. The van der Waals surface area contributed by atoms with E-state index < -0.39 is 5.41 Å². The molecule has 154 valence electrons. The summed E-state index contributed by atoms with van der Waals surface area (Å²) in [6.45, 7) is 5.57. The van der Waals surface area contributed by atoms with Crippen LogP contribution in [0, 0.1) is 15.5 Å². The molecule has 6 nitrogen and oxygen atoms in total. The van der Waals surface area contributed by atoms with E-state index in [0.717, 1.165) is 30.4 Å². The van der Waals surface area contributed by atoms with Gasteiger partial charge in [0.2, 0.25) is 0 Å². The molecular formula is C23H28N2O4. The van der Waals surface area contributed by atoms with Crippen molar-refractivity contribution in [2.75, 3.05) is 0 Å². The molecule has 1 fully saturated rings. The van der Waals surface area contributed by atoms with Crippen molar-refractivity contribution in [2.45, 2.75) is 58.2 Å². The summed E-state index contributed by atoms with van der Waals surface area (Å²) in [5.74, 6) is -0.216. The fourth-order valence-electron chi connectivity index (χ4n) is 3.61. The minimum atomic E-state index is -0.566. The van der Waals surface area contributed by atoms with Crippen LogP contribution >= 0.6 is 0 Å². The quantitative estimate of drug-likeness (QED) is 0.439. The molecule has 0 amide bonds. The van der Waals surface area contributed by atoms with E-state index in [0.29, 0.717) is 0 Å². The number of esters is 1. The summed E-state index contributed by atoms with van der Waals surface area (Å²) in [6.07, 6.45) is 2.29. The average Bonchev–Trinajstić information content (AvgIpc) is 3.14. The number of carbonyl (C=O) groups excluding carboxylic acids is 1. The lowest BCUT2D eigenvalue weighted by atomic mass is 9.96. The number of nitrogens with zero attached hydrogens (tertiary/aromatic N) is 1. The van der Waals surface area contributed by atoms with Gasteiger partial charge in [-0.2, -0.15) is 0 Å². The van der Waals surface area contributed by atoms with Crippen LogP contribution in [0.15, 0.2) is 54.6 Å². The van der Waals surface area contributed by atoms with E-state index >= 15 is 0 Å². The minimum absolute atomic E-state index is 0.0340. The number of nitro benzene ring substituents is 1. The zero-order valence-corrected chi connectivity index (χ0v) is 17.1. The van der Waals surface area contributed by atoms with Crippen molar-refractivity contribution in [3.05, 3.63) is 75.8 Å². The SMILES string of the molecule is CC(C)(C)C(=O)O[C@H](c1ccccc1)[C@H]1CC[C@H](Cc2ccc([N+](=O)[O-])cc2)N1. The monoisotopic (exact) mass is 396 g/mol. The average molecular weight is 396 g/mol. The molecule has 0 spiro atoms. The van der Waals surface area contributed by atoms with E-state index in [1.54, 1.807) is 24.3 Å². The molecule has 1 N–H and O–H groups in total. The molecular weight excluding hydrogens is 368 g/mol. The van der Waals surface area contributed by atoms with Crippen LogP contribution in [0.4, 0.5) is 5.69 Å². The zero-order chi connectivity index (χ0) is 21.0. The predicted octanol–water partition coefficient (Wildman–Crippen LogP) is 4.59. The Hall–Kier alpha value is -2.73. The smallest absolute Gasteiger partial charge is 0.311 e. The zero-order valence-electron chi connectivity index (χ0n) is 17.1. The predicted molar refractivity (Wildman–Crippen MR) is 111 cm³/mol. The summed E-state index contributed by atoms with van der Waals surface area (Å²) in [4.78, 5) is 23.0. The van der Waals surface area contributed by atoms with E-state index in [4.69, 9.17) is 4.74 Å². The molecule has 0 unspecified atom stereocenters. The Kier molecular flexibility index (Phi) is 6.33. The van der Waals surface area contributed by atoms with Crippen LogP contribution < -0.4 is 5.32 Å². The maximum absolute atomic E-state index is 12.6. The highest BCUT2D eigenvalue weighted by atomic mass is 16.6. The van der Waals surface area contributed by atoms with Crippen molar-refractivity contribution >= 4 is 11.7 Å². The fourth-order valence-corrected chi connectivity index (χ4v) is 3.61. The van der Waals surface area contributed by atoms with E-state index in [2.05, 4.69) is 5.32 Å². The van der Waals surface area contributed by atoms with Crippen molar-refractivity contribution in [3.8, 4) is 0 Å². The highest BCUT2D eigenvalue weighted by Crippen LogP contribution is 2.32. The Balaban J connectivity index is 1.70. The first-order chi connectivity index (χ1) is 13.7. The summed E-state index contributed by atoms with van der Waals surface area (Å²) in [5, 5.41) is 14.4. The molecule has 2 aromatic carbocycles. The molecule has 0 bridgehead atoms. The second kappa shape index (κ2) is 8.74. The molecule has 0 aromatic heterocycles. The van der Waals surface area contributed by atoms with Crippen molar-refractivity contribution in [2.24, 2.45) is 5.41 Å². The third-order valence-corrected chi connectivity index (χ3v) is 5.25. The first-order valence-electron chi connectivity index (χ1n) is 9.99. The van der Waals surface area contributed by atoms with E-state index in [9.17, 15) is 14.9 Å². The Morgan fingerprint density at radius 1 is 1.14 bits per heavy atom. The van der Waals surface area contributed by atoms with Crippen LogP contribution in [0.25, 0.3) is 0 Å². The Labute approximate surface area is 171 Å². The van der Waals surface area contributed by atoms with Crippen LogP contribution in [0.5, 0.6) is 0 Å². The molecule has 6 heteroatoms. The first-order valence-corrected chi connectivity index (χ1v) is 9.99. The number of rotatable bonds is 6. The minimum Gasteiger partial charge on any atom is -0.455 e. The highest BCUT2D eigenvalue weighted by Gasteiger charge is 2.36. The van der Waals surface area contributed by atoms with Crippen molar-refractivity contribution in [3.63, 3.8) is 0 Å². The fraction of sp³-hybridized carbons (Fsp3) is 0.435. The lowest BCUT2D eigenvalue weighted by molar-refractivity contribution is -0.384. The van der Waals surface area contributed by atoms with Crippen LogP contribution in [-0.4, -0.2) is 23.0 Å². The van der Waals surface area contributed by atoms with Gasteiger partial charge in [0.25, 0.3) is 5.69 Å². The summed E-state index contributed by atoms with van der Waals surface area (Å²) in [7, 11) is 0. The standard InChI is InChI=1S/C23H28N2O4/c1-23(2,3)22(26)29-21(17-7-5-4-6-8-17)20-14-11-18(24-20)15-16-9-12-19(13-10-16)25(27)28/h4-10,12-13,18,20-21,24H,11,14-15H2,1-3H3/t18-,20-,21-/m1/s1. The van der Waals surface area contributed by atoms with Gasteiger partial charge in [0.05, 0.1) is 10.3 Å². The van der Waals surface area contributed by atoms with Gasteiger partial charge in [-0.25, -0.2) is 0 Å². The number of hydrogen-bond donors (Lipinski definition) is 1. The summed E-state index contributed by atoms with van der Waals surface area (Å²) < 4.78 is 5.95. The molecule has 1 saturated heterocycles. The second-order valence-electron chi connectivity index (χ2n) is 8.66. The second-order valence-corrected chi connectivity index (χ2v) is 8.66. The number of non-ortho nitro benzene ring substituents is 1.